The first-order chi connectivity index (χ1) is 18.5. The minimum Gasteiger partial charge on any atom is -0.480 e. The predicted molar refractivity (Wildman–Crippen MR) is 134 cm³/mol. The molecule has 2 aromatic rings. The smallest absolute Gasteiger partial charge is 0.336 e. The summed E-state index contributed by atoms with van der Waals surface area (Å²) in [4.78, 5) is 70.2. The van der Waals surface area contributed by atoms with Crippen LogP contribution in [0.4, 0.5) is 5.69 Å². The number of aliphatic carboxylic acids is 1. The summed E-state index contributed by atoms with van der Waals surface area (Å²) in [6.07, 6.45) is 2.86. The average molecular weight is 542 g/mol. The second kappa shape index (κ2) is 12.1. The van der Waals surface area contributed by atoms with Crippen LogP contribution in [0.5, 0.6) is 0 Å². The van der Waals surface area contributed by atoms with Crippen molar-refractivity contribution in [2.75, 3.05) is 20.8 Å². The summed E-state index contributed by atoms with van der Waals surface area (Å²) in [5.74, 6) is -5.02. The van der Waals surface area contributed by atoms with E-state index in [-0.39, 0.29) is 40.2 Å². The van der Waals surface area contributed by atoms with Crippen molar-refractivity contribution in [1.82, 2.24) is 20.2 Å². The van der Waals surface area contributed by atoms with Crippen LogP contribution < -0.4 is 5.32 Å². The number of hydrogen-bond donors (Lipinski definition) is 3. The van der Waals surface area contributed by atoms with Crippen molar-refractivity contribution < 1.29 is 38.7 Å². The summed E-state index contributed by atoms with van der Waals surface area (Å²) in [5.41, 5.74) is -0.0458. The highest BCUT2D eigenvalue weighted by atomic mass is 16.6. The third-order valence-corrected chi connectivity index (χ3v) is 6.31. The number of rotatable bonds is 10. The number of carboxylic acids is 1. The molecule has 1 aliphatic heterocycles. The fourth-order valence-electron chi connectivity index (χ4n) is 4.54. The molecule has 206 valence electrons. The number of nitro benzene ring substituents is 1. The summed E-state index contributed by atoms with van der Waals surface area (Å²) in [7, 11) is 2.20. The number of benzene rings is 1. The van der Waals surface area contributed by atoms with Gasteiger partial charge in [0.25, 0.3) is 5.69 Å². The Balaban J connectivity index is 2.10. The van der Waals surface area contributed by atoms with Gasteiger partial charge in [-0.15, -0.1) is 0 Å². The molecule has 0 unspecified atom stereocenters. The van der Waals surface area contributed by atoms with Gasteiger partial charge in [-0.1, -0.05) is 18.2 Å². The monoisotopic (exact) mass is 541 g/mol. The number of ether oxygens (including phenoxy) is 2. The van der Waals surface area contributed by atoms with Gasteiger partial charge in [0.2, 0.25) is 5.91 Å². The van der Waals surface area contributed by atoms with E-state index in [1.807, 2.05) is 0 Å². The lowest BCUT2D eigenvalue weighted by Gasteiger charge is -2.36. The number of para-hydroxylation sites is 1. The van der Waals surface area contributed by atoms with Crippen molar-refractivity contribution in [3.63, 3.8) is 0 Å². The molecule has 1 aromatic heterocycles. The molecule has 1 amide bonds. The van der Waals surface area contributed by atoms with E-state index in [2.05, 4.69) is 15.3 Å². The molecule has 14 nitrogen and oxygen atoms in total. The van der Waals surface area contributed by atoms with Gasteiger partial charge in [0.1, 0.15) is 6.04 Å². The number of allylic oxidation sites excluding steroid dienone is 2. The van der Waals surface area contributed by atoms with Crippen molar-refractivity contribution in [2.24, 2.45) is 0 Å². The summed E-state index contributed by atoms with van der Waals surface area (Å²) < 4.78 is 9.89. The molecule has 1 aromatic carbocycles. The van der Waals surface area contributed by atoms with Crippen LogP contribution in [0.3, 0.4) is 0 Å². The van der Waals surface area contributed by atoms with Crippen molar-refractivity contribution in [2.45, 2.75) is 32.2 Å². The maximum Gasteiger partial charge on any atom is 0.336 e. The number of aromatic nitrogens is 2. The molecule has 1 atom stereocenters. The number of aromatic amines is 1. The van der Waals surface area contributed by atoms with Crippen LogP contribution >= 0.6 is 0 Å². The number of nitro groups is 1. The molecule has 0 spiro atoms. The number of hydrogen-bond acceptors (Lipinski definition) is 10. The molecule has 0 saturated heterocycles. The highest BCUT2D eigenvalue weighted by molar-refractivity contribution is 6.02. The van der Waals surface area contributed by atoms with Crippen molar-refractivity contribution in [1.29, 1.82) is 0 Å². The van der Waals surface area contributed by atoms with Gasteiger partial charge in [0.15, 0.2) is 0 Å². The minimum absolute atomic E-state index is 0.00677. The van der Waals surface area contributed by atoms with Gasteiger partial charge in [0, 0.05) is 41.3 Å². The topological polar surface area (TPSA) is 194 Å². The Morgan fingerprint density at radius 2 is 1.72 bits per heavy atom. The first-order valence-corrected chi connectivity index (χ1v) is 11.6. The summed E-state index contributed by atoms with van der Waals surface area (Å²) in [6.45, 7) is 2.38. The standard InChI is InChI=1S/C25H27N5O9/c1-13-20(24(34)38-3)22(16-7-5-6-8-18(16)30(36)37)21(25(35)39-4)14(2)29(13)19(31)11-27-17(23(32)33)9-15-10-26-12-28-15/h5-8,10,12,17,22,27H,9,11H2,1-4H3,(H,26,28)(H,32,33)/t17-/m0/s1. The zero-order chi connectivity index (χ0) is 28.9. The Bertz CT molecular complexity index is 1320. The first-order valence-electron chi connectivity index (χ1n) is 11.6. The second-order valence-electron chi connectivity index (χ2n) is 8.51. The molecule has 3 N–H and O–H groups in total. The third-order valence-electron chi connectivity index (χ3n) is 6.31. The van der Waals surface area contributed by atoms with Gasteiger partial charge in [-0.2, -0.15) is 0 Å². The van der Waals surface area contributed by atoms with Crippen LogP contribution in [0, 0.1) is 10.1 Å². The molecule has 1 aliphatic rings. The number of carboxylic acid groups (broad SMARTS) is 1. The average Bonchev–Trinajstić information content (AvgIpc) is 3.43. The number of imidazole rings is 1. The number of H-pyrrole nitrogens is 1. The number of esters is 2. The molecule has 0 saturated carbocycles. The number of carbonyl (C=O) groups is 4. The minimum atomic E-state index is -1.28. The van der Waals surface area contributed by atoms with Crippen LogP contribution in [0.1, 0.15) is 31.0 Å². The lowest BCUT2D eigenvalue weighted by atomic mass is 9.79. The van der Waals surface area contributed by atoms with Gasteiger partial charge in [0.05, 0.1) is 49.1 Å². The number of methoxy groups -OCH3 is 2. The maximum atomic E-state index is 13.4. The third kappa shape index (κ3) is 5.85. The van der Waals surface area contributed by atoms with Gasteiger partial charge in [-0.05, 0) is 13.8 Å². The summed E-state index contributed by atoms with van der Waals surface area (Å²) in [6, 6.07) is 4.44. The molecule has 3 rings (SSSR count). The highest BCUT2D eigenvalue weighted by Gasteiger charge is 2.44. The Labute approximate surface area is 222 Å². The van der Waals surface area contributed by atoms with Crippen LogP contribution in [-0.4, -0.2) is 75.5 Å². The van der Waals surface area contributed by atoms with Gasteiger partial charge in [-0.25, -0.2) is 14.6 Å². The Kier molecular flexibility index (Phi) is 8.93. The molecule has 0 radical (unpaired) electrons. The number of nitrogens with zero attached hydrogens (tertiary/aromatic N) is 3. The van der Waals surface area contributed by atoms with E-state index >= 15 is 0 Å². The zero-order valence-electron chi connectivity index (χ0n) is 21.6. The normalized spacial score (nSPS) is 14.7. The van der Waals surface area contributed by atoms with Crippen molar-refractivity contribution in [3.8, 4) is 0 Å². The Morgan fingerprint density at radius 3 is 2.21 bits per heavy atom. The van der Waals surface area contributed by atoms with Crippen LogP contribution in [0.2, 0.25) is 0 Å². The zero-order valence-corrected chi connectivity index (χ0v) is 21.6. The fraction of sp³-hybridized carbons (Fsp3) is 0.320. The van der Waals surface area contributed by atoms with Gasteiger partial charge in [-0.3, -0.25) is 29.9 Å². The molecular formula is C25H27N5O9. The van der Waals surface area contributed by atoms with Gasteiger partial charge < -0.3 is 19.6 Å². The van der Waals surface area contributed by atoms with E-state index in [1.54, 1.807) is 0 Å². The molecular weight excluding hydrogens is 514 g/mol. The van der Waals surface area contributed by atoms with E-state index in [4.69, 9.17) is 9.47 Å². The Hall–Kier alpha value is -4.85. The Morgan fingerprint density at radius 1 is 1.13 bits per heavy atom. The molecule has 2 heterocycles. The quantitative estimate of drug-likeness (QED) is 0.224. The predicted octanol–water partition coefficient (Wildman–Crippen LogP) is 1.42. The maximum absolute atomic E-state index is 13.4. The number of carbonyl (C=O) groups excluding carboxylic acids is 3. The lowest BCUT2D eigenvalue weighted by Crippen LogP contribution is -2.46. The van der Waals surface area contributed by atoms with Gasteiger partial charge >= 0.3 is 17.9 Å². The van der Waals surface area contributed by atoms with E-state index in [0.717, 1.165) is 19.1 Å². The van der Waals surface area contributed by atoms with E-state index < -0.39 is 47.2 Å². The van der Waals surface area contributed by atoms with E-state index in [1.165, 1.54) is 50.6 Å². The van der Waals surface area contributed by atoms with Crippen molar-refractivity contribution >= 4 is 29.5 Å². The van der Waals surface area contributed by atoms with Crippen LogP contribution in [0.25, 0.3) is 0 Å². The SMILES string of the molecule is COC(=O)C1=C(C)N(C(=O)CN[C@@H](Cc2cnc[nH]2)C(=O)O)C(C)=C(C(=O)OC)C1c1ccccc1[N+](=O)[O-]. The molecule has 0 bridgehead atoms. The van der Waals surface area contributed by atoms with Crippen LogP contribution in [0.15, 0.2) is 59.3 Å². The number of amides is 1. The molecule has 39 heavy (non-hydrogen) atoms. The summed E-state index contributed by atoms with van der Waals surface area (Å²) in [5, 5.41) is 24.1. The van der Waals surface area contributed by atoms with Crippen LogP contribution in [-0.2, 0) is 35.1 Å². The largest absolute Gasteiger partial charge is 0.480 e. The molecule has 0 fully saturated rings. The molecule has 0 aliphatic carbocycles. The fourth-order valence-corrected chi connectivity index (χ4v) is 4.54. The first kappa shape index (κ1) is 28.7. The van der Waals surface area contributed by atoms with Crippen molar-refractivity contribution in [3.05, 3.63) is 80.7 Å². The highest BCUT2D eigenvalue weighted by Crippen LogP contribution is 2.45. The number of nitrogens with one attached hydrogen (secondary N) is 2. The second-order valence-corrected chi connectivity index (χ2v) is 8.51. The lowest BCUT2D eigenvalue weighted by molar-refractivity contribution is -0.385. The summed E-state index contributed by atoms with van der Waals surface area (Å²) >= 11 is 0. The van der Waals surface area contributed by atoms with E-state index in [0.29, 0.717) is 5.69 Å². The van der Waals surface area contributed by atoms with E-state index in [9.17, 15) is 34.4 Å². The molecule has 14 heteroatoms.